The van der Waals surface area contributed by atoms with Crippen LogP contribution in [0, 0.1) is 19.8 Å². The number of nitrogens with zero attached hydrogens (tertiary/aromatic N) is 1. The van der Waals surface area contributed by atoms with Gasteiger partial charge in [-0.05, 0) is 37.5 Å². The van der Waals surface area contributed by atoms with E-state index < -0.39 is 17.9 Å². The Hall–Kier alpha value is -2.37. The largest absolute Gasteiger partial charge is 0.479 e. The molecule has 6 nitrogen and oxygen atoms in total. The minimum absolute atomic E-state index is 0.0642. The van der Waals surface area contributed by atoms with Gasteiger partial charge in [0.05, 0.1) is 5.92 Å². The predicted molar refractivity (Wildman–Crippen MR) is 84.8 cm³/mol. The van der Waals surface area contributed by atoms with Crippen LogP contribution < -0.4 is 5.32 Å². The van der Waals surface area contributed by atoms with Crippen LogP contribution in [0.3, 0.4) is 0 Å². The number of rotatable bonds is 5. The van der Waals surface area contributed by atoms with Gasteiger partial charge in [0.25, 0.3) is 0 Å². The second-order valence-electron chi connectivity index (χ2n) is 5.96. The van der Waals surface area contributed by atoms with Gasteiger partial charge in [0.2, 0.25) is 11.8 Å². The van der Waals surface area contributed by atoms with Crippen LogP contribution >= 0.6 is 0 Å². The molecule has 0 spiro atoms. The lowest BCUT2D eigenvalue weighted by Gasteiger charge is -2.19. The van der Waals surface area contributed by atoms with Crippen molar-refractivity contribution in [3.63, 3.8) is 0 Å². The van der Waals surface area contributed by atoms with Gasteiger partial charge >= 0.3 is 5.97 Å². The van der Waals surface area contributed by atoms with E-state index in [0.717, 1.165) is 11.1 Å². The molecule has 2 rings (SSSR count). The van der Waals surface area contributed by atoms with E-state index in [-0.39, 0.29) is 18.2 Å². The minimum atomic E-state index is -1.11. The Bertz CT molecular complexity index is 641. The average Bonchev–Trinajstić information content (AvgIpc) is 2.88. The molecule has 1 heterocycles. The SMILES string of the molecule is CCN1CC(C(=O)NC(C(=O)O)c2ccc(C)c(C)c2)CC1=O. The highest BCUT2D eigenvalue weighted by atomic mass is 16.4. The highest BCUT2D eigenvalue weighted by Gasteiger charge is 2.35. The molecule has 0 radical (unpaired) electrons. The molecule has 0 saturated carbocycles. The first-order chi connectivity index (χ1) is 10.8. The van der Waals surface area contributed by atoms with Gasteiger partial charge in [-0.2, -0.15) is 0 Å². The number of carboxylic acid groups (broad SMARTS) is 1. The second kappa shape index (κ2) is 6.81. The van der Waals surface area contributed by atoms with E-state index in [1.165, 1.54) is 0 Å². The maximum atomic E-state index is 12.3. The Morgan fingerprint density at radius 3 is 2.57 bits per heavy atom. The van der Waals surface area contributed by atoms with Crippen LogP contribution in [0.25, 0.3) is 0 Å². The Labute approximate surface area is 135 Å². The van der Waals surface area contributed by atoms with E-state index in [2.05, 4.69) is 5.32 Å². The minimum Gasteiger partial charge on any atom is -0.479 e. The summed E-state index contributed by atoms with van der Waals surface area (Å²) in [5.74, 6) is -2.06. The van der Waals surface area contributed by atoms with Crippen molar-refractivity contribution in [2.45, 2.75) is 33.2 Å². The van der Waals surface area contributed by atoms with E-state index >= 15 is 0 Å². The lowest BCUT2D eigenvalue weighted by atomic mass is 10.00. The topological polar surface area (TPSA) is 86.7 Å². The van der Waals surface area contributed by atoms with E-state index in [0.29, 0.717) is 18.7 Å². The van der Waals surface area contributed by atoms with Gasteiger partial charge in [0, 0.05) is 19.5 Å². The summed E-state index contributed by atoms with van der Waals surface area (Å²) >= 11 is 0. The van der Waals surface area contributed by atoms with Crippen molar-refractivity contribution in [3.8, 4) is 0 Å². The third-order valence-corrected chi connectivity index (χ3v) is 4.36. The summed E-state index contributed by atoms with van der Waals surface area (Å²) < 4.78 is 0. The van der Waals surface area contributed by atoms with Crippen molar-refractivity contribution in [1.82, 2.24) is 10.2 Å². The molecular weight excluding hydrogens is 296 g/mol. The lowest BCUT2D eigenvalue weighted by molar-refractivity contribution is -0.142. The number of nitrogens with one attached hydrogen (secondary N) is 1. The fraction of sp³-hybridized carbons (Fsp3) is 0.471. The first-order valence-corrected chi connectivity index (χ1v) is 7.71. The summed E-state index contributed by atoms with van der Waals surface area (Å²) in [6.07, 6.45) is 0.138. The van der Waals surface area contributed by atoms with Gasteiger partial charge in [-0.15, -0.1) is 0 Å². The summed E-state index contributed by atoms with van der Waals surface area (Å²) in [6.45, 7) is 6.60. The molecule has 2 N–H and O–H groups in total. The standard InChI is InChI=1S/C17H22N2O4/c1-4-19-9-13(8-14(19)20)16(21)18-15(17(22)23)12-6-5-10(2)11(3)7-12/h5-7,13,15H,4,8-9H2,1-3H3,(H,18,21)(H,22,23). The first-order valence-electron chi connectivity index (χ1n) is 7.71. The number of carbonyl (C=O) groups is 3. The lowest BCUT2D eigenvalue weighted by Crippen LogP contribution is -2.38. The number of amides is 2. The molecule has 0 bridgehead atoms. The molecule has 1 saturated heterocycles. The molecule has 6 heteroatoms. The fourth-order valence-electron chi connectivity index (χ4n) is 2.75. The van der Waals surface area contributed by atoms with E-state index in [1.807, 2.05) is 26.8 Å². The molecule has 0 aliphatic carbocycles. The molecule has 2 unspecified atom stereocenters. The Balaban J connectivity index is 2.14. The predicted octanol–water partition coefficient (Wildman–Crippen LogP) is 1.41. The maximum Gasteiger partial charge on any atom is 0.330 e. The zero-order valence-corrected chi connectivity index (χ0v) is 13.6. The van der Waals surface area contributed by atoms with Crippen molar-refractivity contribution in [3.05, 3.63) is 34.9 Å². The number of benzene rings is 1. The van der Waals surface area contributed by atoms with Crippen LogP contribution in [0.1, 0.15) is 36.1 Å². The fourth-order valence-corrected chi connectivity index (χ4v) is 2.75. The van der Waals surface area contributed by atoms with Crippen molar-refractivity contribution in [2.24, 2.45) is 5.92 Å². The summed E-state index contributed by atoms with van der Waals surface area (Å²) in [5, 5.41) is 12.0. The summed E-state index contributed by atoms with van der Waals surface area (Å²) in [4.78, 5) is 37.2. The van der Waals surface area contributed by atoms with Crippen LogP contribution in [-0.4, -0.2) is 40.9 Å². The van der Waals surface area contributed by atoms with E-state index in [1.54, 1.807) is 17.0 Å². The van der Waals surface area contributed by atoms with Gasteiger partial charge in [-0.3, -0.25) is 9.59 Å². The molecule has 1 fully saturated rings. The van der Waals surface area contributed by atoms with Crippen LogP contribution in [0.4, 0.5) is 0 Å². The van der Waals surface area contributed by atoms with E-state index in [4.69, 9.17) is 0 Å². The first kappa shape index (κ1) is 17.0. The Morgan fingerprint density at radius 2 is 2.04 bits per heavy atom. The van der Waals surface area contributed by atoms with Gasteiger partial charge in [-0.25, -0.2) is 4.79 Å². The van der Waals surface area contributed by atoms with E-state index in [9.17, 15) is 19.5 Å². The number of likely N-dealkylation sites (tertiary alicyclic amines) is 1. The number of carbonyl (C=O) groups excluding carboxylic acids is 2. The number of aliphatic carboxylic acids is 1. The molecule has 2 atom stereocenters. The van der Waals surface area contributed by atoms with Crippen LogP contribution in [0.2, 0.25) is 0 Å². The summed E-state index contributed by atoms with van der Waals surface area (Å²) in [7, 11) is 0. The smallest absolute Gasteiger partial charge is 0.330 e. The van der Waals surface area contributed by atoms with Gasteiger partial charge in [0.15, 0.2) is 6.04 Å². The van der Waals surface area contributed by atoms with Crippen LogP contribution in [-0.2, 0) is 14.4 Å². The van der Waals surface area contributed by atoms with Crippen molar-refractivity contribution >= 4 is 17.8 Å². The Morgan fingerprint density at radius 1 is 1.35 bits per heavy atom. The average molecular weight is 318 g/mol. The van der Waals surface area contributed by atoms with Crippen molar-refractivity contribution in [2.75, 3.05) is 13.1 Å². The van der Waals surface area contributed by atoms with Crippen molar-refractivity contribution in [1.29, 1.82) is 0 Å². The number of hydrogen-bond acceptors (Lipinski definition) is 3. The van der Waals surface area contributed by atoms with Gasteiger partial charge in [0.1, 0.15) is 0 Å². The quantitative estimate of drug-likeness (QED) is 0.859. The summed E-state index contributed by atoms with van der Waals surface area (Å²) in [6, 6.07) is 4.21. The molecule has 2 amide bonds. The molecule has 1 aromatic rings. The van der Waals surface area contributed by atoms with Gasteiger partial charge in [-0.1, -0.05) is 18.2 Å². The van der Waals surface area contributed by atoms with Crippen molar-refractivity contribution < 1.29 is 19.5 Å². The number of hydrogen-bond donors (Lipinski definition) is 2. The highest BCUT2D eigenvalue weighted by molar-refractivity contribution is 5.91. The molecule has 1 aromatic carbocycles. The molecule has 1 aliphatic heterocycles. The molecular formula is C17H22N2O4. The number of carboxylic acids is 1. The normalized spacial score (nSPS) is 18.8. The van der Waals surface area contributed by atoms with Gasteiger partial charge < -0.3 is 15.3 Å². The molecule has 23 heavy (non-hydrogen) atoms. The Kier molecular flexibility index (Phi) is 5.03. The third kappa shape index (κ3) is 3.70. The molecule has 1 aliphatic rings. The monoisotopic (exact) mass is 318 g/mol. The molecule has 124 valence electrons. The zero-order valence-electron chi connectivity index (χ0n) is 13.6. The highest BCUT2D eigenvalue weighted by Crippen LogP contribution is 2.21. The van der Waals surface area contributed by atoms with Crippen LogP contribution in [0.15, 0.2) is 18.2 Å². The number of aryl methyl sites for hydroxylation is 2. The summed E-state index contributed by atoms with van der Waals surface area (Å²) in [5.41, 5.74) is 2.56. The molecule has 0 aromatic heterocycles. The second-order valence-corrected chi connectivity index (χ2v) is 5.96. The third-order valence-electron chi connectivity index (χ3n) is 4.36. The van der Waals surface area contributed by atoms with Crippen LogP contribution in [0.5, 0.6) is 0 Å². The zero-order chi connectivity index (χ0) is 17.1. The maximum absolute atomic E-state index is 12.3.